The van der Waals surface area contributed by atoms with E-state index in [1.165, 1.54) is 23.9 Å². The number of rotatable bonds is 3. The summed E-state index contributed by atoms with van der Waals surface area (Å²) in [6.45, 7) is 0.336. The van der Waals surface area contributed by atoms with Crippen molar-refractivity contribution in [2.45, 2.75) is 6.54 Å². The molecular formula is C12H13N3O2. The molecule has 5 nitrogen and oxygen atoms in total. The molecule has 2 N–H and O–H groups in total. The van der Waals surface area contributed by atoms with Gasteiger partial charge in [-0.25, -0.2) is 4.68 Å². The average molecular weight is 231 g/mol. The molecule has 0 spiro atoms. The van der Waals surface area contributed by atoms with Crippen LogP contribution in [0.1, 0.15) is 5.56 Å². The van der Waals surface area contributed by atoms with E-state index in [0.717, 1.165) is 5.56 Å². The Labute approximate surface area is 98.5 Å². The first-order chi connectivity index (χ1) is 8.20. The SMILES string of the molecule is COc1ccc(=O)n(Cc2ccccc2N)n1. The molecule has 1 aromatic carbocycles. The van der Waals surface area contributed by atoms with E-state index in [2.05, 4.69) is 5.10 Å². The molecule has 1 aromatic heterocycles. The lowest BCUT2D eigenvalue weighted by Gasteiger charge is -2.08. The summed E-state index contributed by atoms with van der Waals surface area (Å²) < 4.78 is 6.30. The summed E-state index contributed by atoms with van der Waals surface area (Å²) in [7, 11) is 1.51. The highest BCUT2D eigenvalue weighted by Crippen LogP contribution is 2.11. The third-order valence-corrected chi connectivity index (χ3v) is 2.43. The lowest BCUT2D eigenvalue weighted by molar-refractivity contribution is 0.379. The zero-order chi connectivity index (χ0) is 12.3. The van der Waals surface area contributed by atoms with E-state index in [1.807, 2.05) is 18.2 Å². The monoisotopic (exact) mass is 231 g/mol. The minimum absolute atomic E-state index is 0.186. The van der Waals surface area contributed by atoms with Gasteiger partial charge in [-0.15, -0.1) is 5.10 Å². The van der Waals surface area contributed by atoms with Gasteiger partial charge in [0.2, 0.25) is 5.88 Å². The van der Waals surface area contributed by atoms with Crippen LogP contribution in [0.15, 0.2) is 41.2 Å². The van der Waals surface area contributed by atoms with Crippen molar-refractivity contribution >= 4 is 5.69 Å². The van der Waals surface area contributed by atoms with Gasteiger partial charge >= 0.3 is 0 Å². The fourth-order valence-corrected chi connectivity index (χ4v) is 1.49. The molecule has 17 heavy (non-hydrogen) atoms. The van der Waals surface area contributed by atoms with Crippen LogP contribution >= 0.6 is 0 Å². The zero-order valence-corrected chi connectivity index (χ0v) is 9.46. The van der Waals surface area contributed by atoms with E-state index in [9.17, 15) is 4.79 Å². The zero-order valence-electron chi connectivity index (χ0n) is 9.46. The van der Waals surface area contributed by atoms with Crippen LogP contribution in [0, 0.1) is 0 Å². The van der Waals surface area contributed by atoms with Crippen molar-refractivity contribution in [2.75, 3.05) is 12.8 Å². The lowest BCUT2D eigenvalue weighted by atomic mass is 10.2. The lowest BCUT2D eigenvalue weighted by Crippen LogP contribution is -2.23. The quantitative estimate of drug-likeness (QED) is 0.796. The van der Waals surface area contributed by atoms with Crippen molar-refractivity contribution in [1.29, 1.82) is 0 Å². The predicted molar refractivity (Wildman–Crippen MR) is 65.0 cm³/mol. The Kier molecular flexibility index (Phi) is 3.09. The van der Waals surface area contributed by atoms with E-state index in [0.29, 0.717) is 18.1 Å². The summed E-state index contributed by atoms with van der Waals surface area (Å²) in [6, 6.07) is 10.3. The van der Waals surface area contributed by atoms with Crippen LogP contribution in [0.3, 0.4) is 0 Å². The molecule has 1 heterocycles. The van der Waals surface area contributed by atoms with E-state index >= 15 is 0 Å². The Bertz CT molecular complexity index is 578. The number of methoxy groups -OCH3 is 1. The highest BCUT2D eigenvalue weighted by atomic mass is 16.5. The van der Waals surface area contributed by atoms with Gasteiger partial charge in [0.1, 0.15) is 0 Å². The van der Waals surface area contributed by atoms with Crippen molar-refractivity contribution in [2.24, 2.45) is 0 Å². The summed E-state index contributed by atoms with van der Waals surface area (Å²) in [5.74, 6) is 0.402. The molecule has 2 rings (SSSR count). The van der Waals surface area contributed by atoms with Crippen molar-refractivity contribution in [3.05, 3.63) is 52.3 Å². The van der Waals surface area contributed by atoms with Crippen LogP contribution in [-0.4, -0.2) is 16.9 Å². The normalized spacial score (nSPS) is 10.2. The van der Waals surface area contributed by atoms with Crippen molar-refractivity contribution in [3.63, 3.8) is 0 Å². The molecule has 5 heteroatoms. The summed E-state index contributed by atoms with van der Waals surface area (Å²) in [4.78, 5) is 11.6. The fourth-order valence-electron chi connectivity index (χ4n) is 1.49. The molecule has 0 fully saturated rings. The van der Waals surface area contributed by atoms with Crippen LogP contribution < -0.4 is 16.0 Å². The van der Waals surface area contributed by atoms with Crippen LogP contribution in [0.4, 0.5) is 5.69 Å². The largest absolute Gasteiger partial charge is 0.480 e. The van der Waals surface area contributed by atoms with Crippen molar-refractivity contribution in [3.8, 4) is 5.88 Å². The van der Waals surface area contributed by atoms with Gasteiger partial charge in [0, 0.05) is 17.8 Å². The van der Waals surface area contributed by atoms with Crippen LogP contribution in [0.2, 0.25) is 0 Å². The van der Waals surface area contributed by atoms with Crippen LogP contribution in [0.5, 0.6) is 5.88 Å². The maximum Gasteiger partial charge on any atom is 0.267 e. The second-order valence-electron chi connectivity index (χ2n) is 3.57. The molecule has 0 aliphatic heterocycles. The first-order valence-corrected chi connectivity index (χ1v) is 5.16. The number of hydrogen-bond acceptors (Lipinski definition) is 4. The Hall–Kier alpha value is -2.30. The van der Waals surface area contributed by atoms with E-state index in [4.69, 9.17) is 10.5 Å². The number of nitrogens with two attached hydrogens (primary N) is 1. The van der Waals surface area contributed by atoms with Gasteiger partial charge in [-0.3, -0.25) is 4.79 Å². The van der Waals surface area contributed by atoms with Gasteiger partial charge in [0.15, 0.2) is 0 Å². The highest BCUT2D eigenvalue weighted by Gasteiger charge is 2.03. The first kappa shape index (κ1) is 11.2. The van der Waals surface area contributed by atoms with Gasteiger partial charge in [-0.1, -0.05) is 18.2 Å². The summed E-state index contributed by atoms with van der Waals surface area (Å²) in [5.41, 5.74) is 7.13. The van der Waals surface area contributed by atoms with Gasteiger partial charge in [-0.2, -0.15) is 0 Å². The molecule has 0 amide bonds. The minimum Gasteiger partial charge on any atom is -0.480 e. The molecule has 0 aliphatic rings. The summed E-state index contributed by atoms with van der Waals surface area (Å²) >= 11 is 0. The number of para-hydroxylation sites is 1. The molecule has 0 bridgehead atoms. The molecule has 88 valence electrons. The fraction of sp³-hybridized carbons (Fsp3) is 0.167. The number of benzene rings is 1. The predicted octanol–water partition coefficient (Wildman–Crippen LogP) is 0.882. The van der Waals surface area contributed by atoms with Gasteiger partial charge in [-0.05, 0) is 11.6 Å². The van der Waals surface area contributed by atoms with Crippen molar-refractivity contribution in [1.82, 2.24) is 9.78 Å². The number of nitrogens with zero attached hydrogens (tertiary/aromatic N) is 2. The average Bonchev–Trinajstić information content (AvgIpc) is 2.35. The van der Waals surface area contributed by atoms with Gasteiger partial charge < -0.3 is 10.5 Å². The molecule has 0 saturated carbocycles. The van der Waals surface area contributed by atoms with E-state index in [1.54, 1.807) is 6.07 Å². The Balaban J connectivity index is 2.36. The Morgan fingerprint density at radius 3 is 2.76 bits per heavy atom. The second kappa shape index (κ2) is 4.69. The molecule has 2 aromatic rings. The van der Waals surface area contributed by atoms with Gasteiger partial charge in [0.05, 0.1) is 13.7 Å². The standard InChI is InChI=1S/C12H13N3O2/c1-17-11-6-7-12(16)15(14-11)8-9-4-2-3-5-10(9)13/h2-7H,8,13H2,1H3. The molecule has 0 unspecified atom stereocenters. The first-order valence-electron chi connectivity index (χ1n) is 5.16. The molecule has 0 atom stereocenters. The van der Waals surface area contributed by atoms with E-state index in [-0.39, 0.29) is 5.56 Å². The van der Waals surface area contributed by atoms with Gasteiger partial charge in [0.25, 0.3) is 5.56 Å². The molecule has 0 aliphatic carbocycles. The van der Waals surface area contributed by atoms with Crippen molar-refractivity contribution < 1.29 is 4.74 Å². The number of nitrogen functional groups attached to an aromatic ring is 1. The smallest absolute Gasteiger partial charge is 0.267 e. The maximum absolute atomic E-state index is 11.6. The van der Waals surface area contributed by atoms with Crippen LogP contribution in [0.25, 0.3) is 0 Å². The maximum atomic E-state index is 11.6. The number of anilines is 1. The number of aromatic nitrogens is 2. The molecular weight excluding hydrogens is 218 g/mol. The third kappa shape index (κ3) is 2.44. The van der Waals surface area contributed by atoms with Crippen LogP contribution in [-0.2, 0) is 6.54 Å². The molecule has 0 radical (unpaired) electrons. The highest BCUT2D eigenvalue weighted by molar-refractivity contribution is 5.46. The third-order valence-electron chi connectivity index (χ3n) is 2.43. The number of ether oxygens (including phenoxy) is 1. The second-order valence-corrected chi connectivity index (χ2v) is 3.57. The Morgan fingerprint density at radius 1 is 1.29 bits per heavy atom. The van der Waals surface area contributed by atoms with E-state index < -0.39 is 0 Å². The number of hydrogen-bond donors (Lipinski definition) is 1. The molecule has 0 saturated heterocycles. The summed E-state index contributed by atoms with van der Waals surface area (Å²) in [6.07, 6.45) is 0. The summed E-state index contributed by atoms with van der Waals surface area (Å²) in [5, 5.41) is 4.05. The Morgan fingerprint density at radius 2 is 2.06 bits per heavy atom. The topological polar surface area (TPSA) is 70.1 Å². The minimum atomic E-state index is -0.186.